The van der Waals surface area contributed by atoms with Crippen molar-refractivity contribution in [3.63, 3.8) is 0 Å². The molecule has 3 heterocycles. The largest absolute Gasteiger partial charge is 0.487 e. The lowest BCUT2D eigenvalue weighted by molar-refractivity contribution is 0.00608. The second-order valence-corrected chi connectivity index (χ2v) is 8.17. The average molecular weight is 461 g/mol. The molecule has 33 heavy (non-hydrogen) atoms. The van der Waals surface area contributed by atoms with Crippen LogP contribution < -0.4 is 15.5 Å². The van der Waals surface area contributed by atoms with Gasteiger partial charge in [-0.25, -0.2) is 8.78 Å². The Bertz CT molecular complexity index is 1150. The number of pyridine rings is 1. The smallest absolute Gasteiger partial charge is 0.276 e. The van der Waals surface area contributed by atoms with Crippen LogP contribution in [0.2, 0.25) is 0 Å². The van der Waals surface area contributed by atoms with Crippen LogP contribution in [-0.4, -0.2) is 46.8 Å². The van der Waals surface area contributed by atoms with E-state index in [0.717, 1.165) is 18.6 Å². The number of hydrogen-bond acceptors (Lipinski definition) is 5. The van der Waals surface area contributed by atoms with Crippen LogP contribution in [0.4, 0.5) is 8.78 Å². The molecule has 1 saturated heterocycles. The van der Waals surface area contributed by atoms with Gasteiger partial charge in [0.25, 0.3) is 11.8 Å². The van der Waals surface area contributed by atoms with E-state index in [2.05, 4.69) is 5.32 Å². The maximum absolute atomic E-state index is 13.9. The SMILES string of the molecule is CCCCOc1c2n(cc(C(=O)NCc3ccc(F)cc3F)c1=O)C[C@H]1OC[C@H](C)N1C2=O. The third-order valence-electron chi connectivity index (χ3n) is 5.79. The first-order valence-corrected chi connectivity index (χ1v) is 10.9. The minimum atomic E-state index is -0.806. The molecule has 2 aliphatic rings. The summed E-state index contributed by atoms with van der Waals surface area (Å²) in [6, 6.07) is 2.87. The van der Waals surface area contributed by atoms with Gasteiger partial charge in [0.2, 0.25) is 5.43 Å². The van der Waals surface area contributed by atoms with Crippen LogP contribution in [-0.2, 0) is 17.8 Å². The van der Waals surface area contributed by atoms with Crippen LogP contribution in [0, 0.1) is 11.6 Å². The van der Waals surface area contributed by atoms with E-state index in [1.807, 2.05) is 13.8 Å². The van der Waals surface area contributed by atoms with Crippen molar-refractivity contribution in [3.8, 4) is 5.75 Å². The van der Waals surface area contributed by atoms with Gasteiger partial charge in [-0.15, -0.1) is 0 Å². The number of hydrogen-bond donors (Lipinski definition) is 1. The first-order valence-electron chi connectivity index (χ1n) is 10.9. The highest BCUT2D eigenvalue weighted by Gasteiger charge is 2.43. The topological polar surface area (TPSA) is 89.9 Å². The summed E-state index contributed by atoms with van der Waals surface area (Å²) < 4.78 is 39.9. The normalized spacial score (nSPS) is 19.3. The van der Waals surface area contributed by atoms with Gasteiger partial charge in [-0.1, -0.05) is 19.4 Å². The van der Waals surface area contributed by atoms with Gasteiger partial charge in [0.15, 0.2) is 17.7 Å². The number of halogens is 2. The van der Waals surface area contributed by atoms with Gasteiger partial charge in [0.1, 0.15) is 17.2 Å². The highest BCUT2D eigenvalue weighted by molar-refractivity contribution is 5.99. The number of benzene rings is 1. The standard InChI is InChI=1S/C23H25F2N3O5/c1-3-4-7-32-21-19-23(31)28-13(2)12-33-18(28)11-27(19)10-16(20(21)29)22(30)26-9-14-5-6-15(24)8-17(14)25/h5-6,8,10,13,18H,3-4,7,9,11-12H2,1-2H3,(H,26,30)/t13-,18+/m0/s1. The number of aromatic nitrogens is 1. The van der Waals surface area contributed by atoms with Gasteiger partial charge in [0, 0.05) is 24.4 Å². The monoisotopic (exact) mass is 461 g/mol. The molecular weight excluding hydrogens is 436 g/mol. The third kappa shape index (κ3) is 4.35. The Morgan fingerprint density at radius 3 is 2.82 bits per heavy atom. The number of fused-ring (bicyclic) bond motifs is 2. The summed E-state index contributed by atoms with van der Waals surface area (Å²) in [4.78, 5) is 40.8. The van der Waals surface area contributed by atoms with Gasteiger partial charge in [-0.2, -0.15) is 0 Å². The maximum Gasteiger partial charge on any atom is 0.276 e. The van der Waals surface area contributed by atoms with Crippen molar-refractivity contribution in [2.24, 2.45) is 0 Å². The number of unbranched alkanes of at least 4 members (excludes halogenated alkanes) is 1. The van der Waals surface area contributed by atoms with E-state index in [9.17, 15) is 23.2 Å². The van der Waals surface area contributed by atoms with E-state index < -0.39 is 29.2 Å². The van der Waals surface area contributed by atoms with Crippen molar-refractivity contribution in [2.75, 3.05) is 13.2 Å². The lowest BCUT2D eigenvalue weighted by Gasteiger charge is -2.34. The molecule has 2 atom stereocenters. The van der Waals surface area contributed by atoms with Gasteiger partial charge >= 0.3 is 0 Å². The first-order chi connectivity index (χ1) is 15.8. The number of ether oxygens (including phenoxy) is 2. The van der Waals surface area contributed by atoms with Crippen LogP contribution in [0.1, 0.15) is 53.1 Å². The fourth-order valence-electron chi connectivity index (χ4n) is 4.01. The minimum Gasteiger partial charge on any atom is -0.487 e. The number of amides is 2. The molecule has 1 aromatic carbocycles. The number of rotatable bonds is 7. The van der Waals surface area contributed by atoms with E-state index in [1.165, 1.54) is 16.8 Å². The Morgan fingerprint density at radius 1 is 1.30 bits per heavy atom. The lowest BCUT2D eigenvalue weighted by atomic mass is 10.1. The quantitative estimate of drug-likeness (QED) is 0.640. The molecule has 0 spiro atoms. The van der Waals surface area contributed by atoms with E-state index in [4.69, 9.17) is 9.47 Å². The molecular formula is C23H25F2N3O5. The van der Waals surface area contributed by atoms with Crippen molar-refractivity contribution < 1.29 is 27.8 Å². The number of nitrogens with one attached hydrogen (secondary N) is 1. The number of nitrogens with zero attached hydrogens (tertiary/aromatic N) is 2. The molecule has 0 aliphatic carbocycles. The van der Waals surface area contributed by atoms with Gasteiger partial charge < -0.3 is 24.3 Å². The third-order valence-corrected chi connectivity index (χ3v) is 5.79. The highest BCUT2D eigenvalue weighted by Crippen LogP contribution is 2.30. The number of carbonyl (C=O) groups excluding carboxylic acids is 2. The maximum atomic E-state index is 13.9. The van der Waals surface area contributed by atoms with Gasteiger partial charge in [-0.3, -0.25) is 14.4 Å². The molecule has 176 valence electrons. The van der Waals surface area contributed by atoms with E-state index in [0.29, 0.717) is 13.0 Å². The molecule has 0 saturated carbocycles. The van der Waals surface area contributed by atoms with Crippen LogP contribution in [0.5, 0.6) is 5.75 Å². The molecule has 0 unspecified atom stereocenters. The predicted molar refractivity (Wildman–Crippen MR) is 114 cm³/mol. The van der Waals surface area contributed by atoms with E-state index >= 15 is 0 Å². The summed E-state index contributed by atoms with van der Waals surface area (Å²) in [5.41, 5.74) is -0.790. The Hall–Kier alpha value is -3.27. The van der Waals surface area contributed by atoms with Crippen LogP contribution >= 0.6 is 0 Å². The molecule has 2 amide bonds. The van der Waals surface area contributed by atoms with Crippen molar-refractivity contribution in [3.05, 3.63) is 63.1 Å². The average Bonchev–Trinajstić information content (AvgIpc) is 3.15. The summed E-state index contributed by atoms with van der Waals surface area (Å²) in [6.45, 7) is 4.41. The minimum absolute atomic E-state index is 0.0707. The zero-order valence-corrected chi connectivity index (χ0v) is 18.4. The Kier molecular flexibility index (Phi) is 6.46. The summed E-state index contributed by atoms with van der Waals surface area (Å²) >= 11 is 0. The van der Waals surface area contributed by atoms with Gasteiger partial charge in [0.05, 0.1) is 25.8 Å². The summed E-state index contributed by atoms with van der Waals surface area (Å²) in [7, 11) is 0. The van der Waals surface area contributed by atoms with Crippen LogP contribution in [0.15, 0.2) is 29.2 Å². The number of carbonyl (C=O) groups is 2. The summed E-state index contributed by atoms with van der Waals surface area (Å²) in [6.07, 6.45) is 2.29. The molecule has 1 N–H and O–H groups in total. The molecule has 10 heteroatoms. The Balaban J connectivity index is 1.67. The predicted octanol–water partition coefficient (Wildman–Crippen LogP) is 2.44. The molecule has 0 radical (unpaired) electrons. The fraction of sp³-hybridized carbons (Fsp3) is 0.435. The first kappa shape index (κ1) is 22.9. The second-order valence-electron chi connectivity index (χ2n) is 8.17. The molecule has 0 bridgehead atoms. The zero-order valence-electron chi connectivity index (χ0n) is 18.4. The molecule has 8 nitrogen and oxygen atoms in total. The summed E-state index contributed by atoms with van der Waals surface area (Å²) in [5, 5.41) is 2.49. The molecule has 4 rings (SSSR count). The lowest BCUT2D eigenvalue weighted by Crippen LogP contribution is -2.49. The van der Waals surface area contributed by atoms with Crippen LogP contribution in [0.25, 0.3) is 0 Å². The molecule has 1 aromatic heterocycles. The van der Waals surface area contributed by atoms with E-state index in [1.54, 1.807) is 4.90 Å². The zero-order chi connectivity index (χ0) is 23.7. The Labute approximate surface area is 189 Å². The van der Waals surface area contributed by atoms with Crippen LogP contribution in [0.3, 0.4) is 0 Å². The van der Waals surface area contributed by atoms with Crippen molar-refractivity contribution in [1.29, 1.82) is 0 Å². The second kappa shape index (κ2) is 9.30. The molecule has 2 aromatic rings. The summed E-state index contributed by atoms with van der Waals surface area (Å²) in [5.74, 6) is -2.85. The fourth-order valence-corrected chi connectivity index (χ4v) is 4.01. The van der Waals surface area contributed by atoms with Gasteiger partial charge in [-0.05, 0) is 19.4 Å². The highest BCUT2D eigenvalue weighted by atomic mass is 19.1. The Morgan fingerprint density at radius 2 is 2.09 bits per heavy atom. The molecule has 2 aliphatic heterocycles. The van der Waals surface area contributed by atoms with Crippen molar-refractivity contribution in [2.45, 2.75) is 52.0 Å². The van der Waals surface area contributed by atoms with Crippen molar-refractivity contribution in [1.82, 2.24) is 14.8 Å². The molecule has 1 fully saturated rings. The van der Waals surface area contributed by atoms with E-state index in [-0.39, 0.29) is 54.2 Å². The van der Waals surface area contributed by atoms with Crippen molar-refractivity contribution >= 4 is 11.8 Å².